The number of benzene rings is 2. The average Bonchev–Trinajstić information content (AvgIpc) is 2.69. The lowest BCUT2D eigenvalue weighted by Crippen LogP contribution is -2.52. The van der Waals surface area contributed by atoms with Crippen LogP contribution in [0, 0.1) is 0 Å². The Morgan fingerprint density at radius 2 is 1.82 bits per heavy atom. The first kappa shape index (κ1) is 19.2. The number of likely N-dealkylation sites (N-methyl/N-ethyl adjacent to an activating group) is 1. The first-order valence-electron chi connectivity index (χ1n) is 8.37. The Bertz CT molecular complexity index is 972. The lowest BCUT2D eigenvalue weighted by atomic mass is 10.1. The second-order valence-corrected chi connectivity index (χ2v) is 6.31. The normalized spacial score (nSPS) is 15.4. The van der Waals surface area contributed by atoms with Crippen LogP contribution in [-0.4, -0.2) is 41.4 Å². The summed E-state index contributed by atoms with van der Waals surface area (Å²) >= 11 is 4.93. The molecule has 0 aromatic heterocycles. The summed E-state index contributed by atoms with van der Waals surface area (Å²) in [6.07, 6.45) is 1.42. The summed E-state index contributed by atoms with van der Waals surface area (Å²) in [7, 11) is 1.48. The lowest BCUT2D eigenvalue weighted by molar-refractivity contribution is -0.128. The van der Waals surface area contributed by atoms with Gasteiger partial charge >= 0.3 is 0 Å². The first-order valence-corrected chi connectivity index (χ1v) is 8.78. The molecule has 7 nitrogen and oxygen atoms in total. The van der Waals surface area contributed by atoms with Crippen molar-refractivity contribution in [1.29, 1.82) is 0 Å². The Kier molecular flexibility index (Phi) is 5.81. The van der Waals surface area contributed by atoms with E-state index in [0.29, 0.717) is 17.0 Å². The third-order valence-electron chi connectivity index (χ3n) is 3.94. The Labute approximate surface area is 167 Å². The molecule has 1 fully saturated rings. The molecule has 0 radical (unpaired) electrons. The third kappa shape index (κ3) is 4.41. The van der Waals surface area contributed by atoms with Gasteiger partial charge < -0.3 is 10.1 Å². The molecule has 1 saturated heterocycles. The Morgan fingerprint density at radius 1 is 1.14 bits per heavy atom. The van der Waals surface area contributed by atoms with Crippen LogP contribution < -0.4 is 15.4 Å². The number of hydrogen-bond donors (Lipinski definition) is 2. The standard InChI is InChI=1S/C20H17N3O4S/c1-23-19(26)15(18(25)22-20(23)28)11-13-7-5-6-10-16(13)27-12-17(24)21-14-8-3-2-4-9-14/h2-11H,12H2,1H3,(H,21,24)(H,22,25,28)/b15-11+. The number of hydrogen-bond acceptors (Lipinski definition) is 5. The molecule has 1 heterocycles. The van der Waals surface area contributed by atoms with E-state index in [1.54, 1.807) is 36.4 Å². The molecule has 0 unspecified atom stereocenters. The van der Waals surface area contributed by atoms with Crippen LogP contribution in [0.5, 0.6) is 5.75 Å². The summed E-state index contributed by atoms with van der Waals surface area (Å²) in [6.45, 7) is -0.223. The maximum absolute atomic E-state index is 12.3. The second-order valence-electron chi connectivity index (χ2n) is 5.92. The van der Waals surface area contributed by atoms with Crippen molar-refractivity contribution in [2.24, 2.45) is 0 Å². The molecule has 142 valence electrons. The lowest BCUT2D eigenvalue weighted by Gasteiger charge is -2.25. The van der Waals surface area contributed by atoms with Crippen molar-refractivity contribution in [2.75, 3.05) is 19.0 Å². The fourth-order valence-electron chi connectivity index (χ4n) is 2.49. The van der Waals surface area contributed by atoms with Gasteiger partial charge in [0.25, 0.3) is 17.7 Å². The second kappa shape index (κ2) is 8.45. The van der Waals surface area contributed by atoms with Gasteiger partial charge in [-0.3, -0.25) is 24.6 Å². The summed E-state index contributed by atoms with van der Waals surface area (Å²) < 4.78 is 5.59. The minimum atomic E-state index is -0.579. The van der Waals surface area contributed by atoms with Crippen LogP contribution in [0.15, 0.2) is 60.2 Å². The van der Waals surface area contributed by atoms with Gasteiger partial charge in [-0.25, -0.2) is 0 Å². The zero-order valence-electron chi connectivity index (χ0n) is 15.0. The number of anilines is 1. The molecule has 28 heavy (non-hydrogen) atoms. The molecule has 8 heteroatoms. The SMILES string of the molecule is CN1C(=O)/C(=C/c2ccccc2OCC(=O)Nc2ccccc2)C(=O)NC1=S. The van der Waals surface area contributed by atoms with E-state index in [9.17, 15) is 14.4 Å². The third-order valence-corrected chi connectivity index (χ3v) is 4.32. The van der Waals surface area contributed by atoms with E-state index in [1.165, 1.54) is 18.0 Å². The van der Waals surface area contributed by atoms with Crippen molar-refractivity contribution >= 4 is 46.8 Å². The van der Waals surface area contributed by atoms with Crippen molar-refractivity contribution in [3.63, 3.8) is 0 Å². The van der Waals surface area contributed by atoms with Gasteiger partial charge in [-0.05, 0) is 36.5 Å². The Hall–Kier alpha value is -3.52. The fraction of sp³-hybridized carbons (Fsp3) is 0.100. The number of rotatable bonds is 5. The number of ether oxygens (including phenoxy) is 1. The molecule has 2 N–H and O–H groups in total. The van der Waals surface area contributed by atoms with Crippen molar-refractivity contribution in [1.82, 2.24) is 10.2 Å². The Balaban J connectivity index is 1.74. The van der Waals surface area contributed by atoms with Gasteiger partial charge in [-0.15, -0.1) is 0 Å². The topological polar surface area (TPSA) is 87.7 Å². The van der Waals surface area contributed by atoms with Gasteiger partial charge in [-0.2, -0.15) is 0 Å². The van der Waals surface area contributed by atoms with Gasteiger partial charge in [-0.1, -0.05) is 36.4 Å². The van der Waals surface area contributed by atoms with E-state index in [0.717, 1.165) is 0 Å². The van der Waals surface area contributed by atoms with Crippen LogP contribution in [-0.2, 0) is 14.4 Å². The van der Waals surface area contributed by atoms with E-state index in [4.69, 9.17) is 17.0 Å². The molecule has 2 aromatic rings. The van der Waals surface area contributed by atoms with Gasteiger partial charge in [0.15, 0.2) is 11.7 Å². The van der Waals surface area contributed by atoms with Gasteiger partial charge in [0.1, 0.15) is 11.3 Å². The van der Waals surface area contributed by atoms with E-state index in [1.807, 2.05) is 18.2 Å². The quantitative estimate of drug-likeness (QED) is 0.459. The van der Waals surface area contributed by atoms with E-state index < -0.39 is 11.8 Å². The van der Waals surface area contributed by atoms with Crippen molar-refractivity contribution in [3.05, 3.63) is 65.7 Å². The van der Waals surface area contributed by atoms with Crippen LogP contribution in [0.3, 0.4) is 0 Å². The van der Waals surface area contributed by atoms with E-state index in [-0.39, 0.29) is 23.2 Å². The number of nitrogens with one attached hydrogen (secondary N) is 2. The molecule has 0 spiro atoms. The summed E-state index contributed by atoms with van der Waals surface area (Å²) in [5, 5.41) is 5.22. The summed E-state index contributed by atoms with van der Waals surface area (Å²) in [5.74, 6) is -1.05. The summed E-state index contributed by atoms with van der Waals surface area (Å²) in [4.78, 5) is 37.7. The highest BCUT2D eigenvalue weighted by Gasteiger charge is 2.30. The molecule has 1 aliphatic heterocycles. The van der Waals surface area contributed by atoms with E-state index in [2.05, 4.69) is 10.6 Å². The van der Waals surface area contributed by atoms with Crippen LogP contribution in [0.2, 0.25) is 0 Å². The van der Waals surface area contributed by atoms with Crippen molar-refractivity contribution in [2.45, 2.75) is 0 Å². The number of amides is 3. The van der Waals surface area contributed by atoms with Gasteiger partial charge in [0, 0.05) is 18.3 Å². The van der Waals surface area contributed by atoms with Crippen LogP contribution in [0.4, 0.5) is 5.69 Å². The predicted octanol–water partition coefficient (Wildman–Crippen LogP) is 1.96. The predicted molar refractivity (Wildman–Crippen MR) is 108 cm³/mol. The highest BCUT2D eigenvalue weighted by molar-refractivity contribution is 7.80. The summed E-state index contributed by atoms with van der Waals surface area (Å²) in [6, 6.07) is 15.8. The van der Waals surface area contributed by atoms with Gasteiger partial charge in [0.2, 0.25) is 0 Å². The molecule has 0 atom stereocenters. The van der Waals surface area contributed by atoms with Crippen molar-refractivity contribution < 1.29 is 19.1 Å². The zero-order chi connectivity index (χ0) is 20.1. The number of carbonyl (C=O) groups is 3. The minimum Gasteiger partial charge on any atom is -0.483 e. The van der Waals surface area contributed by atoms with Crippen molar-refractivity contribution in [3.8, 4) is 5.75 Å². The van der Waals surface area contributed by atoms with Gasteiger partial charge in [0.05, 0.1) is 0 Å². The number of nitrogens with zero attached hydrogens (tertiary/aromatic N) is 1. The summed E-state index contributed by atoms with van der Waals surface area (Å²) in [5.41, 5.74) is 1.09. The molecule has 0 aliphatic carbocycles. The molecule has 2 aromatic carbocycles. The average molecular weight is 395 g/mol. The molecular formula is C20H17N3O4S. The maximum Gasteiger partial charge on any atom is 0.265 e. The molecule has 1 aliphatic rings. The monoisotopic (exact) mass is 395 g/mol. The largest absolute Gasteiger partial charge is 0.483 e. The number of thiocarbonyl (C=S) groups is 1. The highest BCUT2D eigenvalue weighted by Crippen LogP contribution is 2.23. The minimum absolute atomic E-state index is 0.0502. The molecule has 3 rings (SSSR count). The smallest absolute Gasteiger partial charge is 0.265 e. The zero-order valence-corrected chi connectivity index (χ0v) is 15.8. The molecular weight excluding hydrogens is 378 g/mol. The maximum atomic E-state index is 12.3. The number of para-hydroxylation sites is 2. The molecule has 0 saturated carbocycles. The number of carbonyl (C=O) groups excluding carboxylic acids is 3. The fourth-order valence-corrected chi connectivity index (χ4v) is 2.67. The highest BCUT2D eigenvalue weighted by atomic mass is 32.1. The first-order chi connectivity index (χ1) is 13.5. The molecule has 0 bridgehead atoms. The van der Waals surface area contributed by atoms with Crippen LogP contribution >= 0.6 is 12.2 Å². The van der Waals surface area contributed by atoms with Crippen LogP contribution in [0.25, 0.3) is 6.08 Å². The Morgan fingerprint density at radius 3 is 2.57 bits per heavy atom. The van der Waals surface area contributed by atoms with Crippen LogP contribution in [0.1, 0.15) is 5.56 Å². The van der Waals surface area contributed by atoms with E-state index >= 15 is 0 Å². The molecule has 3 amide bonds.